The first-order chi connectivity index (χ1) is 7.78. The molecule has 1 fully saturated rings. The van der Waals surface area contributed by atoms with Crippen molar-refractivity contribution >= 4 is 23.4 Å². The Morgan fingerprint density at radius 3 is 3.00 bits per heavy atom. The predicted molar refractivity (Wildman–Crippen MR) is 67.7 cm³/mol. The lowest BCUT2D eigenvalue weighted by atomic mass is 10.4. The summed E-state index contributed by atoms with van der Waals surface area (Å²) >= 11 is 7.56. The fraction of sp³-hybridized carbons (Fsp3) is 0.417. The van der Waals surface area contributed by atoms with Gasteiger partial charge >= 0.3 is 0 Å². The molecule has 0 bridgehead atoms. The summed E-state index contributed by atoms with van der Waals surface area (Å²) in [6, 6.07) is 10.5. The highest BCUT2D eigenvalue weighted by atomic mass is 35.5. The minimum Gasteiger partial charge on any atom is -0.298 e. The van der Waals surface area contributed by atoms with Gasteiger partial charge in [0.25, 0.3) is 0 Å². The molecule has 0 saturated heterocycles. The predicted octanol–water partition coefficient (Wildman–Crippen LogP) is 3.08. The van der Waals surface area contributed by atoms with Gasteiger partial charge in [-0.2, -0.15) is 5.26 Å². The van der Waals surface area contributed by atoms with Gasteiger partial charge in [-0.15, -0.1) is 11.8 Å². The second-order valence-corrected chi connectivity index (χ2v) is 5.42. The Balaban J connectivity index is 1.83. The van der Waals surface area contributed by atoms with E-state index in [-0.39, 0.29) is 6.04 Å². The van der Waals surface area contributed by atoms with Crippen molar-refractivity contribution in [2.75, 3.05) is 5.75 Å². The summed E-state index contributed by atoms with van der Waals surface area (Å²) in [5.41, 5.74) is 0. The molecular weight excluding hydrogens is 240 g/mol. The normalized spacial score (nSPS) is 16.8. The maximum atomic E-state index is 8.98. The number of hydrogen-bond acceptors (Lipinski definition) is 3. The first-order valence-corrected chi connectivity index (χ1v) is 6.68. The maximum absolute atomic E-state index is 8.98. The Hall–Kier alpha value is -0.690. The average Bonchev–Trinajstić information content (AvgIpc) is 3.08. The number of hydrogen-bond donors (Lipinski definition) is 1. The van der Waals surface area contributed by atoms with E-state index in [1.807, 2.05) is 24.3 Å². The highest BCUT2D eigenvalue weighted by Gasteiger charge is 2.24. The van der Waals surface area contributed by atoms with Crippen LogP contribution in [-0.4, -0.2) is 17.8 Å². The van der Waals surface area contributed by atoms with Crippen molar-refractivity contribution in [1.29, 1.82) is 5.26 Å². The van der Waals surface area contributed by atoms with Crippen LogP contribution in [0.15, 0.2) is 29.2 Å². The standard InChI is InChI=1S/C12H13ClN2S/c13-9-2-1-3-12(6-9)16-8-11(7-14)15-10-4-5-10/h1-3,6,10-11,15H,4-5,8H2. The van der Waals surface area contributed by atoms with Crippen LogP contribution < -0.4 is 5.32 Å². The molecule has 2 nitrogen and oxygen atoms in total. The molecule has 2 rings (SSSR count). The molecular formula is C12H13ClN2S. The largest absolute Gasteiger partial charge is 0.298 e. The molecule has 1 aromatic rings. The molecule has 0 aromatic heterocycles. The third-order valence-electron chi connectivity index (χ3n) is 2.38. The number of nitrogens with zero attached hydrogens (tertiary/aromatic N) is 1. The van der Waals surface area contributed by atoms with E-state index in [1.165, 1.54) is 12.8 Å². The van der Waals surface area contributed by atoms with E-state index in [9.17, 15) is 0 Å². The summed E-state index contributed by atoms with van der Waals surface area (Å²) in [7, 11) is 0. The molecule has 4 heteroatoms. The lowest BCUT2D eigenvalue weighted by molar-refractivity contribution is 0.644. The second-order valence-electron chi connectivity index (χ2n) is 3.89. The molecule has 16 heavy (non-hydrogen) atoms. The highest BCUT2D eigenvalue weighted by Crippen LogP contribution is 2.24. The van der Waals surface area contributed by atoms with Crippen LogP contribution in [0.4, 0.5) is 0 Å². The first-order valence-electron chi connectivity index (χ1n) is 5.32. The average molecular weight is 253 g/mol. The zero-order chi connectivity index (χ0) is 11.4. The fourth-order valence-corrected chi connectivity index (χ4v) is 2.56. The number of rotatable bonds is 5. The molecule has 1 aliphatic rings. The molecule has 1 unspecified atom stereocenters. The third-order valence-corrected chi connectivity index (χ3v) is 3.71. The van der Waals surface area contributed by atoms with Crippen molar-refractivity contribution in [3.05, 3.63) is 29.3 Å². The monoisotopic (exact) mass is 252 g/mol. The van der Waals surface area contributed by atoms with Gasteiger partial charge in [-0.25, -0.2) is 0 Å². The van der Waals surface area contributed by atoms with Gasteiger partial charge in [0.2, 0.25) is 0 Å². The topological polar surface area (TPSA) is 35.8 Å². The summed E-state index contributed by atoms with van der Waals surface area (Å²) in [6.45, 7) is 0. The van der Waals surface area contributed by atoms with Crippen LogP contribution in [0.3, 0.4) is 0 Å². The fourth-order valence-electron chi connectivity index (χ4n) is 1.39. The van der Waals surface area contributed by atoms with E-state index in [0.29, 0.717) is 6.04 Å². The molecule has 1 saturated carbocycles. The van der Waals surface area contributed by atoms with Gasteiger partial charge in [-0.1, -0.05) is 17.7 Å². The smallest absolute Gasteiger partial charge is 0.105 e. The van der Waals surface area contributed by atoms with E-state index >= 15 is 0 Å². The van der Waals surface area contributed by atoms with Gasteiger partial charge in [-0.3, -0.25) is 5.32 Å². The lowest BCUT2D eigenvalue weighted by Gasteiger charge is -2.10. The van der Waals surface area contributed by atoms with Crippen LogP contribution in [0.2, 0.25) is 5.02 Å². The summed E-state index contributed by atoms with van der Waals surface area (Å²) < 4.78 is 0. The SMILES string of the molecule is N#CC(CSc1cccc(Cl)c1)NC1CC1. The second kappa shape index (κ2) is 5.58. The number of thioether (sulfide) groups is 1. The van der Waals surface area contributed by atoms with Crippen LogP contribution in [-0.2, 0) is 0 Å². The molecule has 1 aliphatic carbocycles. The van der Waals surface area contributed by atoms with Gasteiger partial charge in [-0.05, 0) is 31.0 Å². The van der Waals surface area contributed by atoms with E-state index in [2.05, 4.69) is 11.4 Å². The molecule has 1 atom stereocenters. The van der Waals surface area contributed by atoms with Crippen molar-refractivity contribution in [2.24, 2.45) is 0 Å². The Labute approximate surface area is 105 Å². The van der Waals surface area contributed by atoms with Crippen molar-refractivity contribution < 1.29 is 0 Å². The van der Waals surface area contributed by atoms with E-state index < -0.39 is 0 Å². The quantitative estimate of drug-likeness (QED) is 0.818. The molecule has 0 amide bonds. The number of nitriles is 1. The molecule has 0 radical (unpaired) electrons. The molecule has 0 spiro atoms. The van der Waals surface area contributed by atoms with Crippen molar-refractivity contribution in [1.82, 2.24) is 5.32 Å². The van der Waals surface area contributed by atoms with Crippen LogP contribution in [0.5, 0.6) is 0 Å². The molecule has 1 aromatic carbocycles. The maximum Gasteiger partial charge on any atom is 0.105 e. The van der Waals surface area contributed by atoms with Gasteiger partial charge in [0, 0.05) is 21.7 Å². The Kier molecular flexibility index (Phi) is 4.11. The summed E-state index contributed by atoms with van der Waals surface area (Å²) in [6.07, 6.45) is 2.42. The Bertz CT molecular complexity index is 398. The summed E-state index contributed by atoms with van der Waals surface area (Å²) in [4.78, 5) is 1.12. The van der Waals surface area contributed by atoms with Crippen LogP contribution in [0.1, 0.15) is 12.8 Å². The van der Waals surface area contributed by atoms with Crippen molar-refractivity contribution in [3.63, 3.8) is 0 Å². The van der Waals surface area contributed by atoms with E-state index in [0.717, 1.165) is 15.7 Å². The Morgan fingerprint density at radius 1 is 1.56 bits per heavy atom. The van der Waals surface area contributed by atoms with Gasteiger partial charge in [0.05, 0.1) is 6.07 Å². The highest BCUT2D eigenvalue weighted by molar-refractivity contribution is 7.99. The first kappa shape index (κ1) is 11.8. The summed E-state index contributed by atoms with van der Waals surface area (Å²) in [5.74, 6) is 0.771. The number of benzene rings is 1. The van der Waals surface area contributed by atoms with E-state index in [4.69, 9.17) is 16.9 Å². The van der Waals surface area contributed by atoms with Gasteiger partial charge in [0.15, 0.2) is 0 Å². The van der Waals surface area contributed by atoms with Gasteiger partial charge in [0.1, 0.15) is 6.04 Å². The minimum absolute atomic E-state index is 0.0588. The van der Waals surface area contributed by atoms with Crippen molar-refractivity contribution in [2.45, 2.75) is 29.8 Å². The van der Waals surface area contributed by atoms with Crippen LogP contribution >= 0.6 is 23.4 Å². The lowest BCUT2D eigenvalue weighted by Crippen LogP contribution is -2.31. The molecule has 0 heterocycles. The van der Waals surface area contributed by atoms with E-state index in [1.54, 1.807) is 11.8 Å². The molecule has 1 N–H and O–H groups in total. The summed E-state index contributed by atoms with van der Waals surface area (Å²) in [5, 5.41) is 13.0. The van der Waals surface area contributed by atoms with Crippen LogP contribution in [0.25, 0.3) is 0 Å². The van der Waals surface area contributed by atoms with Gasteiger partial charge < -0.3 is 0 Å². The number of nitrogens with one attached hydrogen (secondary N) is 1. The third kappa shape index (κ3) is 3.71. The van der Waals surface area contributed by atoms with Crippen molar-refractivity contribution in [3.8, 4) is 6.07 Å². The zero-order valence-electron chi connectivity index (χ0n) is 8.82. The Morgan fingerprint density at radius 2 is 2.38 bits per heavy atom. The van der Waals surface area contributed by atoms with Crippen LogP contribution in [0, 0.1) is 11.3 Å². The minimum atomic E-state index is -0.0588. The number of halogens is 1. The molecule has 84 valence electrons. The molecule has 0 aliphatic heterocycles. The zero-order valence-corrected chi connectivity index (χ0v) is 10.4.